The molecule has 0 atom stereocenters. The second-order valence-corrected chi connectivity index (χ2v) is 0. The van der Waals surface area contributed by atoms with Gasteiger partial charge in [0.1, 0.15) is 0 Å². The van der Waals surface area contributed by atoms with Crippen molar-refractivity contribution in [2.45, 2.75) is 0 Å². The predicted octanol–water partition coefficient (Wildman–Crippen LogP) is -0.391. The SMILES string of the molecule is [Ba].[Cr].[Cu].[Mn].[Ni]. The van der Waals surface area contributed by atoms with Crippen LogP contribution in [0.25, 0.3) is 0 Å². The summed E-state index contributed by atoms with van der Waals surface area (Å²) >= 11 is 0. The first-order valence-electron chi connectivity index (χ1n) is 0. The van der Waals surface area contributed by atoms with Crippen LogP contribution in [-0.4, -0.2) is 48.9 Å². The van der Waals surface area contributed by atoms with E-state index in [9.17, 15) is 0 Å². The molecule has 0 unspecified atom stereocenters. The quantitative estimate of drug-likeness (QED) is 0.513. The first-order valence-corrected chi connectivity index (χ1v) is 0. The summed E-state index contributed by atoms with van der Waals surface area (Å²) in [5.74, 6) is 0. The second kappa shape index (κ2) is 25.4. The molecule has 0 fully saturated rings. The van der Waals surface area contributed by atoms with E-state index >= 15 is 0 Å². The minimum Gasteiger partial charge on any atom is 0 e. The molecule has 0 spiro atoms. The van der Waals surface area contributed by atoms with Gasteiger partial charge in [0.25, 0.3) is 0 Å². The molecule has 0 aliphatic carbocycles. The summed E-state index contributed by atoms with van der Waals surface area (Å²) in [4.78, 5) is 0. The van der Waals surface area contributed by atoms with E-state index in [1.54, 1.807) is 0 Å². The topological polar surface area (TPSA) is 0 Å². The Bertz CT molecular complexity index is 11.6. The average molecular weight is 367 g/mol. The number of rotatable bonds is 0. The van der Waals surface area contributed by atoms with Gasteiger partial charge in [-0.1, -0.05) is 0 Å². The molecule has 0 saturated heterocycles. The van der Waals surface area contributed by atoms with E-state index in [-0.39, 0.29) is 117 Å². The molecule has 0 aliphatic heterocycles. The van der Waals surface area contributed by atoms with Crippen molar-refractivity contribution in [3.63, 3.8) is 0 Å². The fourth-order valence-electron chi connectivity index (χ4n) is 0. The molecule has 4 radical (unpaired) electrons. The maximum Gasteiger partial charge on any atom is 0 e. The van der Waals surface area contributed by atoms with Crippen LogP contribution in [0.3, 0.4) is 0 Å². The Morgan fingerprint density at radius 2 is 1.00 bits per heavy atom. The van der Waals surface area contributed by atoms with Crippen molar-refractivity contribution in [3.8, 4) is 0 Å². The van der Waals surface area contributed by atoms with Crippen LogP contribution in [0.1, 0.15) is 0 Å². The third-order valence-corrected chi connectivity index (χ3v) is 0. The van der Waals surface area contributed by atoms with Gasteiger partial charge < -0.3 is 0 Å². The van der Waals surface area contributed by atoms with Gasteiger partial charge in [-0.2, -0.15) is 0 Å². The maximum absolute atomic E-state index is 0. The molecule has 0 aliphatic rings. The Morgan fingerprint density at radius 1 is 1.00 bits per heavy atom. The van der Waals surface area contributed by atoms with Crippen molar-refractivity contribution >= 4 is 48.9 Å². The zero-order valence-corrected chi connectivity index (χ0v) is 10.9. The van der Waals surface area contributed by atoms with E-state index in [0.29, 0.717) is 0 Å². The molecular weight excluding hydrogens is 367 g/mol. The summed E-state index contributed by atoms with van der Waals surface area (Å²) in [6.45, 7) is 0. The van der Waals surface area contributed by atoms with Gasteiger partial charge in [-0.15, -0.1) is 0 Å². The first-order chi connectivity index (χ1) is 0. The van der Waals surface area contributed by atoms with Crippen molar-refractivity contribution in [3.05, 3.63) is 0 Å². The monoisotopic (exact) mass is 366 g/mol. The van der Waals surface area contributed by atoms with Crippen molar-refractivity contribution in [1.82, 2.24) is 0 Å². The second-order valence-electron chi connectivity index (χ2n) is 0. The van der Waals surface area contributed by atoms with Crippen molar-refractivity contribution in [2.24, 2.45) is 0 Å². The smallest absolute Gasteiger partial charge is 0 e. The van der Waals surface area contributed by atoms with Crippen LogP contribution in [0, 0.1) is 0 Å². The Morgan fingerprint density at radius 3 is 1.00 bits per heavy atom. The van der Waals surface area contributed by atoms with Gasteiger partial charge in [-0.25, -0.2) is 0 Å². The van der Waals surface area contributed by atoms with Gasteiger partial charge in [0, 0.05) is 117 Å². The summed E-state index contributed by atoms with van der Waals surface area (Å²) in [5.41, 5.74) is 0. The summed E-state index contributed by atoms with van der Waals surface area (Å²) in [5, 5.41) is 0. The van der Waals surface area contributed by atoms with Gasteiger partial charge in [0.2, 0.25) is 0 Å². The molecule has 5 heteroatoms. The first kappa shape index (κ1) is 38.1. The molecule has 36 valence electrons. The Hall–Kier alpha value is 3.64. The molecule has 0 aromatic carbocycles. The molecule has 0 amide bonds. The van der Waals surface area contributed by atoms with Gasteiger partial charge >= 0.3 is 0 Å². The molecular formula is BaCrCuMnNi. The molecule has 0 heterocycles. The normalized spacial score (nSPS) is 0. The minimum atomic E-state index is 0. The van der Waals surface area contributed by atoms with Crippen LogP contribution in [0.4, 0.5) is 0 Å². The zero-order chi connectivity index (χ0) is 0. The molecule has 0 rings (SSSR count). The van der Waals surface area contributed by atoms with E-state index in [1.807, 2.05) is 0 Å². The summed E-state index contributed by atoms with van der Waals surface area (Å²) in [7, 11) is 0. The summed E-state index contributed by atoms with van der Waals surface area (Å²) < 4.78 is 0. The van der Waals surface area contributed by atoms with Crippen LogP contribution in [0.15, 0.2) is 0 Å². The zero-order valence-electron chi connectivity index (χ0n) is 2.11. The van der Waals surface area contributed by atoms with Crippen LogP contribution in [-0.2, 0) is 68.0 Å². The van der Waals surface area contributed by atoms with Crippen LogP contribution >= 0.6 is 0 Å². The average Bonchev–Trinajstić information content (AvgIpc) is 0. The number of hydrogen-bond donors (Lipinski definition) is 0. The molecule has 0 bridgehead atoms. The maximum atomic E-state index is 0. The molecule has 5 heavy (non-hydrogen) atoms. The predicted molar refractivity (Wildman–Crippen MR) is 5.75 cm³/mol. The molecule has 0 saturated carbocycles. The van der Waals surface area contributed by atoms with E-state index < -0.39 is 0 Å². The van der Waals surface area contributed by atoms with E-state index in [0.717, 1.165) is 0 Å². The van der Waals surface area contributed by atoms with E-state index in [1.165, 1.54) is 0 Å². The Labute approximate surface area is 114 Å². The molecule has 0 aromatic heterocycles. The van der Waals surface area contributed by atoms with Gasteiger partial charge in [0.15, 0.2) is 0 Å². The molecule has 0 aromatic rings. The van der Waals surface area contributed by atoms with E-state index in [4.69, 9.17) is 0 Å². The third kappa shape index (κ3) is 18.3. The minimum absolute atomic E-state index is 0. The Kier molecular flexibility index (Phi) is 194. The van der Waals surface area contributed by atoms with Crippen molar-refractivity contribution in [1.29, 1.82) is 0 Å². The fourth-order valence-corrected chi connectivity index (χ4v) is 0. The molecule has 0 N–H and O–H groups in total. The summed E-state index contributed by atoms with van der Waals surface area (Å²) in [6, 6.07) is 0. The van der Waals surface area contributed by atoms with Gasteiger partial charge in [0.05, 0.1) is 0 Å². The Balaban J connectivity index is 0. The molecule has 0 nitrogen and oxygen atoms in total. The number of hydrogen-bond acceptors (Lipinski definition) is 0. The van der Waals surface area contributed by atoms with Crippen molar-refractivity contribution < 1.29 is 68.0 Å². The van der Waals surface area contributed by atoms with Crippen molar-refractivity contribution in [2.75, 3.05) is 0 Å². The fraction of sp³-hybridized carbons (Fsp3) is 0. The summed E-state index contributed by atoms with van der Waals surface area (Å²) in [6.07, 6.45) is 0. The van der Waals surface area contributed by atoms with Crippen LogP contribution in [0.2, 0.25) is 0 Å². The van der Waals surface area contributed by atoms with Crippen LogP contribution < -0.4 is 0 Å². The van der Waals surface area contributed by atoms with Gasteiger partial charge in [-0.3, -0.25) is 0 Å². The van der Waals surface area contributed by atoms with Gasteiger partial charge in [-0.05, 0) is 0 Å². The van der Waals surface area contributed by atoms with E-state index in [2.05, 4.69) is 0 Å². The standard InChI is InChI=1S/Ba.Cr.Cu.Mn.Ni. The largest absolute Gasteiger partial charge is 0 e. The van der Waals surface area contributed by atoms with Crippen LogP contribution in [0.5, 0.6) is 0 Å². The third-order valence-electron chi connectivity index (χ3n) is 0.